The van der Waals surface area contributed by atoms with Crippen LogP contribution in [-0.2, 0) is 4.79 Å². The average Bonchev–Trinajstić information content (AvgIpc) is 2.85. The Kier molecular flexibility index (Phi) is 3.58. The molecule has 0 aromatic heterocycles. The summed E-state index contributed by atoms with van der Waals surface area (Å²) in [5.74, 6) is 3.21. The minimum atomic E-state index is -0.163. The number of ketones is 1. The van der Waals surface area contributed by atoms with E-state index in [1.165, 1.54) is 37.7 Å². The Morgan fingerprint density at radius 1 is 1.09 bits per heavy atom. The van der Waals surface area contributed by atoms with Crippen molar-refractivity contribution in [3.63, 3.8) is 0 Å². The zero-order valence-corrected chi connectivity index (χ0v) is 15.0. The minimum Gasteiger partial charge on any atom is -0.393 e. The lowest BCUT2D eigenvalue weighted by atomic mass is 9.48. The predicted octanol–water partition coefficient (Wildman–Crippen LogP) is 4.52. The van der Waals surface area contributed by atoms with Gasteiger partial charge in [0.1, 0.15) is 0 Å². The molecule has 7 atom stereocenters. The summed E-state index contributed by atoms with van der Waals surface area (Å²) in [6, 6.07) is 0. The quantitative estimate of drug-likeness (QED) is 0.721. The first kappa shape index (κ1) is 15.9. The first-order valence-electron chi connectivity index (χ1n) is 9.78. The molecule has 4 rings (SSSR count). The molecule has 0 aromatic carbocycles. The molecule has 0 heterocycles. The summed E-state index contributed by atoms with van der Waals surface area (Å²) in [7, 11) is 0. The van der Waals surface area contributed by atoms with Crippen molar-refractivity contribution in [3.8, 4) is 0 Å². The highest BCUT2D eigenvalue weighted by Crippen LogP contribution is 2.66. The fraction of sp³-hybridized carbons (Fsp3) is 0.857. The van der Waals surface area contributed by atoms with Gasteiger partial charge in [-0.2, -0.15) is 0 Å². The zero-order chi connectivity index (χ0) is 16.4. The highest BCUT2D eigenvalue weighted by molar-refractivity contribution is 5.91. The average molecular weight is 321 g/mol. The molecule has 0 bridgehead atoms. The molecule has 4 aliphatic rings. The maximum atomic E-state index is 11.9. The number of carbonyl (C=O) groups is 1. The van der Waals surface area contributed by atoms with E-state index in [1.807, 2.05) is 13.0 Å². The Hall–Kier alpha value is -0.630. The Bertz CT molecular complexity index is 548. The van der Waals surface area contributed by atoms with Crippen molar-refractivity contribution in [2.24, 2.45) is 34.5 Å². The van der Waals surface area contributed by atoms with E-state index < -0.39 is 0 Å². The molecular formula is C21H32O2. The van der Waals surface area contributed by atoms with Crippen molar-refractivity contribution in [1.82, 2.24) is 0 Å². The van der Waals surface area contributed by atoms with Crippen LogP contribution in [0, 0.1) is 34.5 Å². The van der Waals surface area contributed by atoms with Gasteiger partial charge in [-0.1, -0.05) is 19.4 Å². The van der Waals surface area contributed by atoms with Crippen LogP contribution in [0.25, 0.3) is 0 Å². The van der Waals surface area contributed by atoms with Crippen LogP contribution in [0.3, 0.4) is 0 Å². The van der Waals surface area contributed by atoms with Crippen LogP contribution in [-0.4, -0.2) is 17.0 Å². The van der Waals surface area contributed by atoms with Crippen LogP contribution in [0.4, 0.5) is 0 Å². The van der Waals surface area contributed by atoms with Crippen LogP contribution in [0.1, 0.15) is 72.1 Å². The number of aliphatic hydroxyl groups is 1. The Morgan fingerprint density at radius 2 is 1.87 bits per heavy atom. The molecule has 2 heteroatoms. The van der Waals surface area contributed by atoms with Gasteiger partial charge in [0, 0.05) is 6.42 Å². The normalized spacial score (nSPS) is 50.6. The van der Waals surface area contributed by atoms with Gasteiger partial charge < -0.3 is 5.11 Å². The summed E-state index contributed by atoms with van der Waals surface area (Å²) in [6.45, 7) is 6.92. The van der Waals surface area contributed by atoms with Gasteiger partial charge in [-0.05, 0) is 92.4 Å². The first-order chi connectivity index (χ1) is 10.9. The van der Waals surface area contributed by atoms with Crippen LogP contribution >= 0.6 is 0 Å². The molecule has 3 saturated carbocycles. The van der Waals surface area contributed by atoms with E-state index in [0.29, 0.717) is 17.1 Å². The second kappa shape index (κ2) is 5.18. The van der Waals surface area contributed by atoms with Crippen molar-refractivity contribution in [2.45, 2.75) is 78.2 Å². The lowest BCUT2D eigenvalue weighted by Crippen LogP contribution is -2.51. The second-order valence-corrected chi connectivity index (χ2v) is 9.44. The van der Waals surface area contributed by atoms with Crippen LogP contribution in [0.2, 0.25) is 0 Å². The molecule has 2 nitrogen and oxygen atoms in total. The Balaban J connectivity index is 1.66. The summed E-state index contributed by atoms with van der Waals surface area (Å²) in [5, 5.41) is 10.3. The fourth-order valence-corrected chi connectivity index (χ4v) is 7.39. The van der Waals surface area contributed by atoms with Crippen LogP contribution < -0.4 is 0 Å². The highest BCUT2D eigenvalue weighted by atomic mass is 16.4. The second-order valence-electron chi connectivity index (χ2n) is 9.44. The van der Waals surface area contributed by atoms with Crippen molar-refractivity contribution < 1.29 is 9.90 Å². The minimum absolute atomic E-state index is 0.163. The van der Waals surface area contributed by atoms with Crippen molar-refractivity contribution >= 4 is 5.78 Å². The van der Waals surface area contributed by atoms with E-state index in [9.17, 15) is 9.90 Å². The maximum absolute atomic E-state index is 11.9. The number of hydrogen-bond donors (Lipinski definition) is 1. The molecule has 0 saturated heterocycles. The van der Waals surface area contributed by atoms with E-state index in [4.69, 9.17) is 0 Å². The topological polar surface area (TPSA) is 37.3 Å². The summed E-state index contributed by atoms with van der Waals surface area (Å²) < 4.78 is 0. The molecule has 0 spiro atoms. The largest absolute Gasteiger partial charge is 0.393 e. The molecule has 0 aromatic rings. The molecule has 4 aliphatic carbocycles. The monoisotopic (exact) mass is 321 g/mol. The Morgan fingerprint density at radius 3 is 2.61 bits per heavy atom. The fourth-order valence-electron chi connectivity index (χ4n) is 7.39. The number of fused-ring (bicyclic) bond motifs is 5. The van der Waals surface area contributed by atoms with Gasteiger partial charge in [-0.25, -0.2) is 0 Å². The van der Waals surface area contributed by atoms with Gasteiger partial charge in [0.15, 0.2) is 5.78 Å². The van der Waals surface area contributed by atoms with Gasteiger partial charge in [-0.15, -0.1) is 0 Å². The summed E-state index contributed by atoms with van der Waals surface area (Å²) in [5.41, 5.74) is 2.09. The highest BCUT2D eigenvalue weighted by Gasteiger charge is 2.59. The molecule has 0 unspecified atom stereocenters. The van der Waals surface area contributed by atoms with E-state index in [2.05, 4.69) is 13.8 Å². The molecule has 1 N–H and O–H groups in total. The van der Waals surface area contributed by atoms with Crippen molar-refractivity contribution in [3.05, 3.63) is 11.6 Å². The smallest absolute Gasteiger partial charge is 0.155 e. The molecule has 0 aliphatic heterocycles. The maximum Gasteiger partial charge on any atom is 0.155 e. The standard InChI is InChI=1S/C21H32O2/c1-13(22)17-6-7-18-16-5-4-14-12-15(23)8-10-20(14,2)19(16)9-11-21(17,18)3/h12-13,16-19,22H,4-11H2,1-3H3/t13-,16-,17+,18-,19-,20-,21+/m0/s1/i1+1,8+1,12+1,13+1,15+1. The van der Waals surface area contributed by atoms with Crippen molar-refractivity contribution in [1.29, 1.82) is 0 Å². The third kappa shape index (κ3) is 2.13. The van der Waals surface area contributed by atoms with E-state index in [0.717, 1.165) is 37.0 Å². The number of aliphatic hydroxyl groups excluding tert-OH is 1. The number of hydrogen-bond acceptors (Lipinski definition) is 2. The molecule has 0 amide bonds. The molecular weight excluding hydrogens is 289 g/mol. The number of carbonyl (C=O) groups excluding carboxylic acids is 1. The van der Waals surface area contributed by atoms with E-state index in [-0.39, 0.29) is 11.5 Å². The Labute approximate surface area is 140 Å². The predicted molar refractivity (Wildman–Crippen MR) is 91.9 cm³/mol. The summed E-state index contributed by atoms with van der Waals surface area (Å²) >= 11 is 0. The van der Waals surface area contributed by atoms with E-state index in [1.54, 1.807) is 0 Å². The SMILES string of the molecule is C[C@]12CC[C@H]3[C@@H](CCC4=[13CH][13C](=O)[13CH2]C[C@@]43C)[C@@H]1CC[C@@H]2[13C@H]([13CH3])O. The zero-order valence-electron chi connectivity index (χ0n) is 15.0. The van der Waals surface area contributed by atoms with Gasteiger partial charge in [-0.3, -0.25) is 4.79 Å². The third-order valence-corrected chi connectivity index (χ3v) is 8.62. The van der Waals surface area contributed by atoms with Gasteiger partial charge >= 0.3 is 0 Å². The summed E-state index contributed by atoms with van der Waals surface area (Å²) in [6.07, 6.45) is 11.1. The van der Waals surface area contributed by atoms with Crippen LogP contribution in [0.5, 0.6) is 0 Å². The summed E-state index contributed by atoms with van der Waals surface area (Å²) in [4.78, 5) is 11.9. The molecule has 3 fully saturated rings. The molecule has 128 valence electrons. The van der Waals surface area contributed by atoms with Crippen molar-refractivity contribution in [2.75, 3.05) is 0 Å². The van der Waals surface area contributed by atoms with E-state index >= 15 is 0 Å². The lowest BCUT2D eigenvalue weighted by molar-refractivity contribution is -0.117. The molecule has 0 radical (unpaired) electrons. The third-order valence-electron chi connectivity index (χ3n) is 8.62. The van der Waals surface area contributed by atoms with Gasteiger partial charge in [0.2, 0.25) is 0 Å². The van der Waals surface area contributed by atoms with Gasteiger partial charge in [0.05, 0.1) is 6.10 Å². The molecule has 23 heavy (non-hydrogen) atoms. The first-order valence-corrected chi connectivity index (χ1v) is 9.78. The number of allylic oxidation sites excluding steroid dienone is 1. The number of rotatable bonds is 1. The lowest BCUT2D eigenvalue weighted by Gasteiger charge is -2.58. The van der Waals surface area contributed by atoms with Gasteiger partial charge in [0.25, 0.3) is 0 Å². The van der Waals surface area contributed by atoms with Crippen LogP contribution in [0.15, 0.2) is 11.6 Å².